The second kappa shape index (κ2) is 6.48. The van der Waals surface area contributed by atoms with Crippen molar-refractivity contribution in [2.75, 3.05) is 0 Å². The molecular weight excluding hydrogens is 289 g/mol. The maximum Gasteiger partial charge on any atom is 0.245 e. The van der Waals surface area contributed by atoms with E-state index in [2.05, 4.69) is 0 Å². The predicted molar refractivity (Wildman–Crippen MR) is 70.9 cm³/mol. The zero-order valence-electron chi connectivity index (χ0n) is 11.1. The fourth-order valence-electron chi connectivity index (χ4n) is 1.84. The molecule has 0 saturated carbocycles. The standard InChI is InChI=1S/C13H15F3N2OS/c1-13(2,20(18)19)6-10(12(15)16)9-5-8(7-17)3-4-11(9)14/h3-5,10,12H,6,18H2,1-2H3/t10-,20?/m1/s1. The Labute approximate surface area is 118 Å². The molecule has 0 heterocycles. The maximum atomic E-state index is 13.7. The van der Waals surface area contributed by atoms with Crippen LogP contribution in [0.15, 0.2) is 18.2 Å². The molecule has 3 nitrogen and oxygen atoms in total. The van der Waals surface area contributed by atoms with E-state index in [0.717, 1.165) is 12.1 Å². The van der Waals surface area contributed by atoms with E-state index in [0.29, 0.717) is 0 Å². The SMILES string of the molecule is CC(C)(C[C@H](c1cc(C#N)ccc1F)C(F)F)[S+](N)[O-]. The Kier molecular flexibility index (Phi) is 5.45. The summed E-state index contributed by atoms with van der Waals surface area (Å²) in [5, 5.41) is 14.0. The van der Waals surface area contributed by atoms with Gasteiger partial charge in [0.05, 0.1) is 17.6 Å². The molecule has 0 saturated heterocycles. The third kappa shape index (κ3) is 3.88. The Hall–Kier alpha value is -1.23. The van der Waals surface area contributed by atoms with Gasteiger partial charge in [-0.2, -0.15) is 10.4 Å². The summed E-state index contributed by atoms with van der Waals surface area (Å²) in [5.41, 5.74) is -0.156. The van der Waals surface area contributed by atoms with Crippen LogP contribution in [0, 0.1) is 17.1 Å². The Morgan fingerprint density at radius 3 is 2.50 bits per heavy atom. The van der Waals surface area contributed by atoms with Crippen molar-refractivity contribution in [2.24, 2.45) is 5.14 Å². The van der Waals surface area contributed by atoms with Gasteiger partial charge in [-0.3, -0.25) is 0 Å². The van der Waals surface area contributed by atoms with Gasteiger partial charge < -0.3 is 4.55 Å². The molecule has 110 valence electrons. The summed E-state index contributed by atoms with van der Waals surface area (Å²) in [6, 6.07) is 5.07. The van der Waals surface area contributed by atoms with Crippen LogP contribution >= 0.6 is 0 Å². The highest BCUT2D eigenvalue weighted by Gasteiger charge is 2.38. The largest absolute Gasteiger partial charge is 0.598 e. The smallest absolute Gasteiger partial charge is 0.245 e. The minimum Gasteiger partial charge on any atom is -0.598 e. The van der Waals surface area contributed by atoms with Crippen molar-refractivity contribution in [3.05, 3.63) is 35.1 Å². The predicted octanol–water partition coefficient (Wildman–Crippen LogP) is 2.84. The summed E-state index contributed by atoms with van der Waals surface area (Å²) < 4.78 is 50.4. The molecule has 7 heteroatoms. The number of hydrogen-bond donors (Lipinski definition) is 1. The van der Waals surface area contributed by atoms with Gasteiger partial charge in [0, 0.05) is 17.8 Å². The van der Waals surface area contributed by atoms with Crippen LogP contribution in [-0.2, 0) is 11.4 Å². The average Bonchev–Trinajstić information content (AvgIpc) is 2.36. The van der Waals surface area contributed by atoms with E-state index < -0.39 is 34.3 Å². The molecule has 20 heavy (non-hydrogen) atoms. The molecule has 1 rings (SSSR count). The summed E-state index contributed by atoms with van der Waals surface area (Å²) in [6.45, 7) is 2.95. The van der Waals surface area contributed by atoms with E-state index in [9.17, 15) is 17.7 Å². The molecule has 0 aromatic heterocycles. The topological polar surface area (TPSA) is 72.9 Å². The van der Waals surface area contributed by atoms with Gasteiger partial charge in [0.25, 0.3) is 0 Å². The Morgan fingerprint density at radius 2 is 2.05 bits per heavy atom. The van der Waals surface area contributed by atoms with Crippen LogP contribution < -0.4 is 5.14 Å². The molecule has 0 radical (unpaired) electrons. The molecule has 1 aromatic carbocycles. The maximum absolute atomic E-state index is 13.7. The molecule has 0 aliphatic carbocycles. The summed E-state index contributed by atoms with van der Waals surface area (Å²) >= 11 is -1.82. The van der Waals surface area contributed by atoms with Gasteiger partial charge in [-0.1, -0.05) is 0 Å². The zero-order chi connectivity index (χ0) is 15.5. The third-order valence-electron chi connectivity index (χ3n) is 3.08. The van der Waals surface area contributed by atoms with E-state index in [1.165, 1.54) is 19.9 Å². The normalized spacial score (nSPS) is 14.9. The quantitative estimate of drug-likeness (QED) is 0.850. The number of nitrogens with two attached hydrogens (primary N) is 1. The second-order valence-electron chi connectivity index (χ2n) is 5.05. The van der Waals surface area contributed by atoms with E-state index in [1.54, 1.807) is 6.07 Å². The Morgan fingerprint density at radius 1 is 1.45 bits per heavy atom. The van der Waals surface area contributed by atoms with Crippen LogP contribution in [0.4, 0.5) is 13.2 Å². The fraction of sp³-hybridized carbons (Fsp3) is 0.462. The average molecular weight is 304 g/mol. The zero-order valence-corrected chi connectivity index (χ0v) is 11.9. The van der Waals surface area contributed by atoms with E-state index in [-0.39, 0.29) is 17.5 Å². The van der Waals surface area contributed by atoms with Crippen molar-refractivity contribution >= 4 is 11.4 Å². The van der Waals surface area contributed by atoms with Crippen LogP contribution in [0.5, 0.6) is 0 Å². The Balaban J connectivity index is 3.19. The van der Waals surface area contributed by atoms with Crippen LogP contribution in [-0.4, -0.2) is 15.7 Å². The van der Waals surface area contributed by atoms with Gasteiger partial charge in [-0.15, -0.1) is 0 Å². The molecule has 0 fully saturated rings. The lowest BCUT2D eigenvalue weighted by molar-refractivity contribution is 0.104. The van der Waals surface area contributed by atoms with Crippen molar-refractivity contribution in [3.8, 4) is 6.07 Å². The fourth-order valence-corrected chi connectivity index (χ4v) is 2.19. The molecule has 2 N–H and O–H groups in total. The minimum absolute atomic E-state index is 0.0960. The molecule has 0 aliphatic heterocycles. The van der Waals surface area contributed by atoms with Gasteiger partial charge in [-0.25, -0.2) is 13.2 Å². The molecule has 1 unspecified atom stereocenters. The number of hydrogen-bond acceptors (Lipinski definition) is 3. The number of benzene rings is 1. The Bertz CT molecular complexity index is 515. The van der Waals surface area contributed by atoms with Crippen molar-refractivity contribution in [1.29, 1.82) is 5.26 Å². The van der Waals surface area contributed by atoms with Crippen LogP contribution in [0.2, 0.25) is 0 Å². The van der Waals surface area contributed by atoms with Gasteiger partial charge in [0.2, 0.25) is 6.43 Å². The van der Waals surface area contributed by atoms with Crippen molar-refractivity contribution < 1.29 is 17.7 Å². The highest BCUT2D eigenvalue weighted by Crippen LogP contribution is 2.36. The molecule has 2 atom stereocenters. The highest BCUT2D eigenvalue weighted by molar-refractivity contribution is 7.90. The van der Waals surface area contributed by atoms with Gasteiger partial charge in [0.1, 0.15) is 10.6 Å². The first-order valence-electron chi connectivity index (χ1n) is 5.83. The number of halogens is 3. The summed E-state index contributed by atoms with van der Waals surface area (Å²) in [5.74, 6) is -2.28. The van der Waals surface area contributed by atoms with E-state index in [4.69, 9.17) is 10.4 Å². The lowest BCUT2D eigenvalue weighted by atomic mass is 9.89. The summed E-state index contributed by atoms with van der Waals surface area (Å²) in [7, 11) is 0. The van der Waals surface area contributed by atoms with Crippen LogP contribution in [0.1, 0.15) is 37.3 Å². The van der Waals surface area contributed by atoms with Gasteiger partial charge in [0.15, 0.2) is 0 Å². The van der Waals surface area contributed by atoms with Crippen molar-refractivity contribution in [2.45, 2.75) is 37.4 Å². The molecule has 0 amide bonds. The monoisotopic (exact) mass is 304 g/mol. The number of nitrogens with zero attached hydrogens (tertiary/aromatic N) is 1. The summed E-state index contributed by atoms with van der Waals surface area (Å²) in [4.78, 5) is 0. The minimum atomic E-state index is -2.85. The van der Waals surface area contributed by atoms with Gasteiger partial charge >= 0.3 is 0 Å². The molecule has 0 aliphatic rings. The molecular formula is C13H15F3N2OS. The number of alkyl halides is 2. The second-order valence-corrected chi connectivity index (χ2v) is 6.75. The number of nitriles is 1. The van der Waals surface area contributed by atoms with E-state index >= 15 is 0 Å². The third-order valence-corrected chi connectivity index (χ3v) is 4.34. The van der Waals surface area contributed by atoms with Gasteiger partial charge in [-0.05, 0) is 37.6 Å². The number of rotatable bonds is 5. The first-order valence-corrected chi connectivity index (χ1v) is 7.04. The first-order chi connectivity index (χ1) is 9.19. The van der Waals surface area contributed by atoms with Crippen LogP contribution in [0.3, 0.4) is 0 Å². The lowest BCUT2D eigenvalue weighted by Gasteiger charge is -2.29. The van der Waals surface area contributed by atoms with E-state index in [1.807, 2.05) is 0 Å². The lowest BCUT2D eigenvalue weighted by Crippen LogP contribution is -2.40. The van der Waals surface area contributed by atoms with Crippen LogP contribution in [0.25, 0.3) is 0 Å². The molecule has 1 aromatic rings. The highest BCUT2D eigenvalue weighted by atomic mass is 32.2. The molecule has 0 spiro atoms. The van der Waals surface area contributed by atoms with Crippen molar-refractivity contribution in [3.63, 3.8) is 0 Å². The first kappa shape index (κ1) is 16.8. The summed E-state index contributed by atoms with van der Waals surface area (Å²) in [6.07, 6.45) is -3.10. The van der Waals surface area contributed by atoms with Crippen molar-refractivity contribution in [1.82, 2.24) is 0 Å². The molecule has 0 bridgehead atoms.